The van der Waals surface area contributed by atoms with Crippen LogP contribution in [-0.2, 0) is 22.5 Å². The fraction of sp³-hybridized carbons (Fsp3) is 0.737. The van der Waals surface area contributed by atoms with Gasteiger partial charge in [-0.1, -0.05) is 0 Å². The number of carbonyl (C=O) groups is 1. The van der Waals surface area contributed by atoms with Crippen LogP contribution in [0.15, 0.2) is 0 Å². The molecule has 1 amide bonds. The SMILES string of the molecule is CC(=O)N1CCc2c(nc(N(C)C)nc2N(C)CCCC2CCCO2)C1. The molecule has 0 saturated carbocycles. The summed E-state index contributed by atoms with van der Waals surface area (Å²) in [4.78, 5) is 27.3. The Morgan fingerprint density at radius 2 is 2.12 bits per heavy atom. The second-order valence-corrected chi connectivity index (χ2v) is 7.56. The summed E-state index contributed by atoms with van der Waals surface area (Å²) < 4.78 is 5.73. The molecule has 3 rings (SSSR count). The fourth-order valence-electron chi connectivity index (χ4n) is 3.72. The zero-order valence-electron chi connectivity index (χ0n) is 16.5. The highest BCUT2D eigenvalue weighted by Gasteiger charge is 2.25. The molecule has 0 aromatic carbocycles. The van der Waals surface area contributed by atoms with Gasteiger partial charge in [-0.15, -0.1) is 0 Å². The van der Waals surface area contributed by atoms with Gasteiger partial charge in [-0.3, -0.25) is 4.79 Å². The number of nitrogens with zero attached hydrogens (tertiary/aromatic N) is 5. The van der Waals surface area contributed by atoms with E-state index >= 15 is 0 Å². The lowest BCUT2D eigenvalue weighted by Gasteiger charge is -2.31. The van der Waals surface area contributed by atoms with Crippen LogP contribution in [0.1, 0.15) is 43.9 Å². The van der Waals surface area contributed by atoms with Gasteiger partial charge in [0, 0.05) is 53.3 Å². The van der Waals surface area contributed by atoms with Crippen LogP contribution in [0.3, 0.4) is 0 Å². The molecule has 1 atom stereocenters. The molecule has 0 aliphatic carbocycles. The van der Waals surface area contributed by atoms with E-state index in [-0.39, 0.29) is 5.91 Å². The van der Waals surface area contributed by atoms with E-state index in [4.69, 9.17) is 14.7 Å². The van der Waals surface area contributed by atoms with Crippen molar-refractivity contribution in [1.82, 2.24) is 14.9 Å². The first-order valence-corrected chi connectivity index (χ1v) is 9.61. The molecule has 1 aromatic rings. The number of amides is 1. The van der Waals surface area contributed by atoms with Gasteiger partial charge in [0.05, 0.1) is 18.3 Å². The second-order valence-electron chi connectivity index (χ2n) is 7.56. The van der Waals surface area contributed by atoms with E-state index in [0.717, 1.165) is 50.5 Å². The minimum atomic E-state index is 0.104. The van der Waals surface area contributed by atoms with Crippen molar-refractivity contribution in [2.45, 2.75) is 51.7 Å². The first kappa shape index (κ1) is 18.9. The summed E-state index contributed by atoms with van der Waals surface area (Å²) in [6.07, 6.45) is 5.84. The molecule has 1 saturated heterocycles. The van der Waals surface area contributed by atoms with Crippen LogP contribution < -0.4 is 9.80 Å². The number of fused-ring (bicyclic) bond motifs is 1. The lowest BCUT2D eigenvalue weighted by molar-refractivity contribution is -0.129. The largest absolute Gasteiger partial charge is 0.378 e. The summed E-state index contributed by atoms with van der Waals surface area (Å²) in [6, 6.07) is 0. The van der Waals surface area contributed by atoms with Crippen LogP contribution >= 0.6 is 0 Å². The molecule has 0 bridgehead atoms. The maximum Gasteiger partial charge on any atom is 0.227 e. The van der Waals surface area contributed by atoms with E-state index in [2.05, 4.69) is 11.9 Å². The Balaban J connectivity index is 1.75. The maximum atomic E-state index is 11.8. The third-order valence-electron chi connectivity index (χ3n) is 5.28. The van der Waals surface area contributed by atoms with Crippen LogP contribution in [0.25, 0.3) is 0 Å². The van der Waals surface area contributed by atoms with Crippen molar-refractivity contribution in [3.8, 4) is 0 Å². The molecule has 144 valence electrons. The van der Waals surface area contributed by atoms with Gasteiger partial charge in [0.15, 0.2) is 0 Å². The van der Waals surface area contributed by atoms with E-state index in [0.29, 0.717) is 18.6 Å². The topological polar surface area (TPSA) is 61.8 Å². The van der Waals surface area contributed by atoms with Gasteiger partial charge in [-0.25, -0.2) is 4.98 Å². The standard InChI is InChI=1S/C19H31N5O2/c1-14(25)24-11-9-16-17(13-24)20-19(22(2)3)21-18(16)23(4)10-5-7-15-8-6-12-26-15/h15H,5-13H2,1-4H3. The zero-order chi connectivity index (χ0) is 18.7. The summed E-state index contributed by atoms with van der Waals surface area (Å²) in [5, 5.41) is 0. The lowest BCUT2D eigenvalue weighted by atomic mass is 10.0. The molecule has 1 fully saturated rings. The normalized spacial score (nSPS) is 19.4. The molecule has 3 heterocycles. The Hall–Kier alpha value is -1.89. The van der Waals surface area contributed by atoms with Crippen molar-refractivity contribution in [2.75, 3.05) is 50.6 Å². The average Bonchev–Trinajstić information content (AvgIpc) is 3.13. The van der Waals surface area contributed by atoms with Crippen molar-refractivity contribution in [3.05, 3.63) is 11.3 Å². The van der Waals surface area contributed by atoms with Gasteiger partial charge in [0.25, 0.3) is 0 Å². The molecule has 0 spiro atoms. The monoisotopic (exact) mass is 361 g/mol. The molecule has 7 heteroatoms. The minimum absolute atomic E-state index is 0.104. The third kappa shape index (κ3) is 4.26. The number of carbonyl (C=O) groups excluding carboxylic acids is 1. The van der Waals surface area contributed by atoms with Crippen molar-refractivity contribution < 1.29 is 9.53 Å². The van der Waals surface area contributed by atoms with Crippen LogP contribution in [0.5, 0.6) is 0 Å². The van der Waals surface area contributed by atoms with Gasteiger partial charge in [0.1, 0.15) is 5.82 Å². The molecule has 0 N–H and O–H groups in total. The summed E-state index contributed by atoms with van der Waals surface area (Å²) in [6.45, 7) is 4.80. The lowest BCUT2D eigenvalue weighted by Crippen LogP contribution is -2.36. The summed E-state index contributed by atoms with van der Waals surface area (Å²) in [7, 11) is 6.01. The fourth-order valence-corrected chi connectivity index (χ4v) is 3.72. The van der Waals surface area contributed by atoms with E-state index in [1.54, 1.807) is 6.92 Å². The Morgan fingerprint density at radius 1 is 1.31 bits per heavy atom. The molecule has 26 heavy (non-hydrogen) atoms. The number of hydrogen-bond donors (Lipinski definition) is 0. The molecule has 1 unspecified atom stereocenters. The average molecular weight is 361 g/mol. The van der Waals surface area contributed by atoms with Crippen molar-refractivity contribution in [3.63, 3.8) is 0 Å². The van der Waals surface area contributed by atoms with E-state index in [1.807, 2.05) is 23.9 Å². The predicted octanol–water partition coefficient (Wildman–Crippen LogP) is 1.84. The van der Waals surface area contributed by atoms with Gasteiger partial charge < -0.3 is 19.4 Å². The Kier molecular flexibility index (Phi) is 5.96. The molecular weight excluding hydrogens is 330 g/mol. The predicted molar refractivity (Wildman–Crippen MR) is 103 cm³/mol. The first-order chi connectivity index (χ1) is 12.5. The van der Waals surface area contributed by atoms with Crippen molar-refractivity contribution >= 4 is 17.7 Å². The number of ether oxygens (including phenoxy) is 1. The van der Waals surface area contributed by atoms with Gasteiger partial charge in [-0.05, 0) is 32.1 Å². The number of hydrogen-bond acceptors (Lipinski definition) is 6. The molecule has 1 aromatic heterocycles. The van der Waals surface area contributed by atoms with Crippen LogP contribution in [0.4, 0.5) is 11.8 Å². The Bertz CT molecular complexity index is 643. The van der Waals surface area contributed by atoms with Crippen molar-refractivity contribution in [2.24, 2.45) is 0 Å². The highest BCUT2D eigenvalue weighted by molar-refractivity contribution is 5.73. The van der Waals surface area contributed by atoms with E-state index < -0.39 is 0 Å². The van der Waals surface area contributed by atoms with Crippen LogP contribution in [-0.4, -0.2) is 67.7 Å². The van der Waals surface area contributed by atoms with Gasteiger partial charge in [0.2, 0.25) is 11.9 Å². The van der Waals surface area contributed by atoms with E-state index in [9.17, 15) is 4.79 Å². The molecule has 0 radical (unpaired) electrons. The maximum absolute atomic E-state index is 11.8. The van der Waals surface area contributed by atoms with Crippen LogP contribution in [0.2, 0.25) is 0 Å². The summed E-state index contributed by atoms with van der Waals surface area (Å²) in [5.74, 6) is 1.82. The quantitative estimate of drug-likeness (QED) is 0.771. The third-order valence-corrected chi connectivity index (χ3v) is 5.28. The van der Waals surface area contributed by atoms with Crippen molar-refractivity contribution in [1.29, 1.82) is 0 Å². The Morgan fingerprint density at radius 3 is 2.77 bits per heavy atom. The number of anilines is 2. The Labute approximate surface area is 156 Å². The zero-order valence-corrected chi connectivity index (χ0v) is 16.5. The van der Waals surface area contributed by atoms with Crippen LogP contribution in [0, 0.1) is 0 Å². The highest BCUT2D eigenvalue weighted by Crippen LogP contribution is 2.28. The first-order valence-electron chi connectivity index (χ1n) is 9.61. The molecule has 7 nitrogen and oxygen atoms in total. The summed E-state index contributed by atoms with van der Waals surface area (Å²) >= 11 is 0. The smallest absolute Gasteiger partial charge is 0.227 e. The highest BCUT2D eigenvalue weighted by atomic mass is 16.5. The molecular formula is C19H31N5O2. The number of aromatic nitrogens is 2. The summed E-state index contributed by atoms with van der Waals surface area (Å²) in [5.41, 5.74) is 2.17. The van der Waals surface area contributed by atoms with Gasteiger partial charge >= 0.3 is 0 Å². The minimum Gasteiger partial charge on any atom is -0.378 e. The molecule has 2 aliphatic rings. The second kappa shape index (κ2) is 8.20. The molecule has 2 aliphatic heterocycles. The van der Waals surface area contributed by atoms with E-state index in [1.165, 1.54) is 18.4 Å². The number of rotatable bonds is 6. The van der Waals surface area contributed by atoms with Gasteiger partial charge in [-0.2, -0.15) is 4.98 Å².